The second-order valence-corrected chi connectivity index (χ2v) is 12.9. The average Bonchev–Trinajstić information content (AvgIpc) is 3.47. The van der Waals surface area contributed by atoms with Crippen molar-refractivity contribution in [2.75, 3.05) is 5.32 Å². The number of hydrogen-bond acceptors (Lipinski definition) is 9. The zero-order chi connectivity index (χ0) is 28.8. The predicted molar refractivity (Wildman–Crippen MR) is 165 cm³/mol. The van der Waals surface area contributed by atoms with E-state index in [1.165, 1.54) is 40.5 Å². The summed E-state index contributed by atoms with van der Waals surface area (Å²) in [5.74, 6) is -0.0566. The van der Waals surface area contributed by atoms with Crippen LogP contribution in [0.4, 0.5) is 11.4 Å². The summed E-state index contributed by atoms with van der Waals surface area (Å²) in [6, 6.07) is 16.8. The Hall–Kier alpha value is -4.10. The van der Waals surface area contributed by atoms with E-state index in [2.05, 4.69) is 20.3 Å². The maximum atomic E-state index is 12.7. The van der Waals surface area contributed by atoms with Gasteiger partial charge in [-0.2, -0.15) is 0 Å². The minimum absolute atomic E-state index is 0.124. The van der Waals surface area contributed by atoms with Crippen molar-refractivity contribution in [2.24, 2.45) is 0 Å². The van der Waals surface area contributed by atoms with Gasteiger partial charge >= 0.3 is 0 Å². The molecule has 3 aromatic heterocycles. The fraction of sp³-hybridized carbons (Fsp3) is 0.0714. The van der Waals surface area contributed by atoms with Crippen molar-refractivity contribution in [2.45, 2.75) is 23.1 Å². The molecule has 0 aliphatic rings. The largest absolute Gasteiger partial charge is 0.322 e. The zero-order valence-corrected chi connectivity index (χ0v) is 24.6. The molecular formula is C28H18ClN5O4S3. The van der Waals surface area contributed by atoms with Gasteiger partial charge in [-0.15, -0.1) is 22.7 Å². The first-order chi connectivity index (χ1) is 19.7. The van der Waals surface area contributed by atoms with E-state index in [0.717, 1.165) is 15.1 Å². The van der Waals surface area contributed by atoms with Crippen molar-refractivity contribution in [1.82, 2.24) is 15.0 Å². The summed E-state index contributed by atoms with van der Waals surface area (Å²) in [5.41, 5.74) is 2.56. The van der Waals surface area contributed by atoms with Crippen LogP contribution in [0.1, 0.15) is 20.8 Å². The third-order valence-corrected chi connectivity index (χ3v) is 9.99. The van der Waals surface area contributed by atoms with Crippen LogP contribution >= 0.6 is 46.0 Å². The molecule has 0 aliphatic heterocycles. The molecule has 0 bridgehead atoms. The van der Waals surface area contributed by atoms with E-state index in [4.69, 9.17) is 11.6 Å². The van der Waals surface area contributed by atoms with Gasteiger partial charge in [0.2, 0.25) is 0 Å². The molecule has 41 heavy (non-hydrogen) atoms. The lowest BCUT2D eigenvalue weighted by Gasteiger charge is -2.06. The monoisotopic (exact) mass is 619 g/mol. The van der Waals surface area contributed by atoms with Crippen LogP contribution in [0.5, 0.6) is 0 Å². The van der Waals surface area contributed by atoms with Gasteiger partial charge in [0.1, 0.15) is 10.7 Å². The molecule has 0 saturated heterocycles. The van der Waals surface area contributed by atoms with Crippen molar-refractivity contribution in [3.63, 3.8) is 0 Å². The standard InChI is InChI=1S/C28H18ClN5O4S3/c1-13-14(2)39-27-23(13)26(36)32-24(33-27)15-7-10-21(20(11-15)34(37)38)40-28-31-19-9-8-16(12-22(19)41-28)30-25(35)17-5-3-4-6-18(17)29/h3-12H,1-2H3,(H,30,35)(H,32,33,36). The number of nitrogens with zero attached hydrogens (tertiary/aromatic N) is 3. The summed E-state index contributed by atoms with van der Waals surface area (Å²) in [5, 5.41) is 15.8. The topological polar surface area (TPSA) is 131 Å². The molecule has 204 valence electrons. The van der Waals surface area contributed by atoms with Crippen molar-refractivity contribution in [3.05, 3.63) is 102 Å². The lowest BCUT2D eigenvalue weighted by molar-refractivity contribution is -0.387. The van der Waals surface area contributed by atoms with Gasteiger partial charge in [0.05, 0.1) is 36.0 Å². The number of carbonyl (C=O) groups excluding carboxylic acids is 1. The van der Waals surface area contributed by atoms with E-state index in [9.17, 15) is 19.7 Å². The summed E-state index contributed by atoms with van der Waals surface area (Å²) in [4.78, 5) is 50.9. The van der Waals surface area contributed by atoms with Gasteiger partial charge in [-0.3, -0.25) is 19.7 Å². The minimum Gasteiger partial charge on any atom is -0.322 e. The fourth-order valence-electron chi connectivity index (χ4n) is 4.25. The number of nitrogens with one attached hydrogen (secondary N) is 2. The van der Waals surface area contributed by atoms with Crippen molar-refractivity contribution in [1.29, 1.82) is 0 Å². The molecular weight excluding hydrogens is 602 g/mol. The maximum absolute atomic E-state index is 12.7. The van der Waals surface area contributed by atoms with Crippen LogP contribution in [0.15, 0.2) is 74.7 Å². The van der Waals surface area contributed by atoms with Gasteiger partial charge in [0, 0.05) is 22.2 Å². The molecule has 0 unspecified atom stereocenters. The third kappa shape index (κ3) is 5.22. The molecule has 0 saturated carbocycles. The van der Waals surface area contributed by atoms with E-state index in [-0.39, 0.29) is 23.0 Å². The Labute approximate surface area is 249 Å². The summed E-state index contributed by atoms with van der Waals surface area (Å²) >= 11 is 10.1. The van der Waals surface area contributed by atoms with Gasteiger partial charge in [0.15, 0.2) is 4.34 Å². The number of aromatic nitrogens is 3. The number of fused-ring (bicyclic) bond motifs is 2. The van der Waals surface area contributed by atoms with Crippen LogP contribution in [0.25, 0.3) is 31.8 Å². The van der Waals surface area contributed by atoms with Crippen LogP contribution in [0.2, 0.25) is 5.02 Å². The zero-order valence-electron chi connectivity index (χ0n) is 21.4. The number of nitro benzene ring substituents is 1. The van der Waals surface area contributed by atoms with Crippen molar-refractivity contribution >= 4 is 83.8 Å². The van der Waals surface area contributed by atoms with E-state index < -0.39 is 4.92 Å². The third-order valence-electron chi connectivity index (χ3n) is 6.41. The number of benzene rings is 3. The normalized spacial score (nSPS) is 11.3. The number of aryl methyl sites for hydroxylation is 2. The Morgan fingerprint density at radius 2 is 1.88 bits per heavy atom. The lowest BCUT2D eigenvalue weighted by atomic mass is 10.1. The molecule has 1 amide bonds. The molecule has 3 aromatic carbocycles. The van der Waals surface area contributed by atoms with Crippen LogP contribution < -0.4 is 10.9 Å². The number of amides is 1. The Balaban J connectivity index is 1.28. The van der Waals surface area contributed by atoms with Gasteiger partial charge in [-0.05, 0) is 61.9 Å². The van der Waals surface area contributed by atoms with Crippen molar-refractivity contribution < 1.29 is 9.72 Å². The highest BCUT2D eigenvalue weighted by Gasteiger charge is 2.20. The number of aromatic amines is 1. The number of anilines is 1. The molecule has 0 atom stereocenters. The number of H-pyrrole nitrogens is 1. The highest BCUT2D eigenvalue weighted by atomic mass is 35.5. The Morgan fingerprint density at radius 3 is 2.66 bits per heavy atom. The second kappa shape index (κ2) is 10.7. The number of nitro groups is 1. The molecule has 0 aliphatic carbocycles. The van der Waals surface area contributed by atoms with Crippen LogP contribution in [-0.4, -0.2) is 25.8 Å². The first-order valence-electron chi connectivity index (χ1n) is 12.1. The summed E-state index contributed by atoms with van der Waals surface area (Å²) in [6.07, 6.45) is 0. The number of rotatable bonds is 6. The predicted octanol–water partition coefficient (Wildman–Crippen LogP) is 7.84. The van der Waals surface area contributed by atoms with Crippen LogP contribution in [-0.2, 0) is 0 Å². The van der Waals surface area contributed by atoms with Crippen LogP contribution in [0, 0.1) is 24.0 Å². The molecule has 3 heterocycles. The smallest absolute Gasteiger partial charge is 0.284 e. The van der Waals surface area contributed by atoms with E-state index in [1.54, 1.807) is 54.6 Å². The Bertz CT molecular complexity index is 2090. The molecule has 0 fully saturated rings. The van der Waals surface area contributed by atoms with Gasteiger partial charge < -0.3 is 10.3 Å². The lowest BCUT2D eigenvalue weighted by Crippen LogP contribution is -2.12. The van der Waals surface area contributed by atoms with Crippen molar-refractivity contribution in [3.8, 4) is 11.4 Å². The van der Waals surface area contributed by atoms with E-state index >= 15 is 0 Å². The first kappa shape index (κ1) is 27.1. The maximum Gasteiger partial charge on any atom is 0.284 e. The van der Waals surface area contributed by atoms with E-state index in [1.807, 2.05) is 13.8 Å². The van der Waals surface area contributed by atoms with Gasteiger partial charge in [0.25, 0.3) is 17.2 Å². The molecule has 13 heteroatoms. The molecule has 2 N–H and O–H groups in total. The van der Waals surface area contributed by atoms with Gasteiger partial charge in [-0.25, -0.2) is 9.97 Å². The second-order valence-electron chi connectivity index (χ2n) is 9.02. The molecule has 0 spiro atoms. The summed E-state index contributed by atoms with van der Waals surface area (Å²) < 4.78 is 1.41. The average molecular weight is 620 g/mol. The van der Waals surface area contributed by atoms with Gasteiger partial charge in [-0.1, -0.05) is 35.5 Å². The SMILES string of the molecule is Cc1sc2nc(-c3ccc(Sc4nc5ccc(NC(=O)c6ccccc6Cl)cc5s4)c([N+](=O)[O-])c3)[nH]c(=O)c2c1C. The molecule has 6 rings (SSSR count). The first-order valence-corrected chi connectivity index (χ1v) is 14.9. The number of thiophene rings is 1. The summed E-state index contributed by atoms with van der Waals surface area (Å²) in [6.45, 7) is 3.80. The number of hydrogen-bond donors (Lipinski definition) is 2. The summed E-state index contributed by atoms with van der Waals surface area (Å²) in [7, 11) is 0. The molecule has 0 radical (unpaired) electrons. The fourth-order valence-corrected chi connectivity index (χ4v) is 7.65. The number of halogens is 1. The Morgan fingerprint density at radius 1 is 1.07 bits per heavy atom. The van der Waals surface area contributed by atoms with Crippen LogP contribution in [0.3, 0.4) is 0 Å². The quantitative estimate of drug-likeness (QED) is 0.143. The Kier molecular flexibility index (Phi) is 7.08. The highest BCUT2D eigenvalue weighted by molar-refractivity contribution is 8.01. The number of thiazole rings is 1. The minimum atomic E-state index is -0.461. The van der Waals surface area contributed by atoms with E-state index in [0.29, 0.717) is 46.8 Å². The molecule has 9 nitrogen and oxygen atoms in total. The number of carbonyl (C=O) groups is 1. The highest BCUT2D eigenvalue weighted by Crippen LogP contribution is 2.40. The molecule has 6 aromatic rings.